The fourth-order valence-electron chi connectivity index (χ4n) is 4.54. The number of furan rings is 1. The molecule has 0 aliphatic carbocycles. The van der Waals surface area contributed by atoms with Crippen molar-refractivity contribution in [3.63, 3.8) is 0 Å². The van der Waals surface area contributed by atoms with Gasteiger partial charge in [-0.1, -0.05) is 30.3 Å². The molecular weight excluding hydrogens is 350 g/mol. The number of rotatable bonds is 7. The van der Waals surface area contributed by atoms with Crippen molar-refractivity contribution in [1.29, 1.82) is 0 Å². The van der Waals surface area contributed by atoms with Crippen LogP contribution in [0.15, 0.2) is 46.9 Å². The van der Waals surface area contributed by atoms with Crippen molar-refractivity contribution in [2.75, 3.05) is 26.2 Å². The first-order valence-corrected chi connectivity index (χ1v) is 10.6. The van der Waals surface area contributed by atoms with Gasteiger partial charge in [-0.2, -0.15) is 0 Å². The Bertz CT molecular complexity index is 767. The van der Waals surface area contributed by atoms with E-state index in [0.717, 1.165) is 50.5 Å². The predicted octanol–water partition coefficient (Wildman–Crippen LogP) is 3.51. The molecule has 1 amide bonds. The number of carbonyl (C=O) groups excluding carboxylic acids is 1. The van der Waals surface area contributed by atoms with E-state index < -0.39 is 0 Å². The minimum Gasteiger partial charge on any atom is -0.465 e. The first-order chi connectivity index (χ1) is 13.7. The third-order valence-corrected chi connectivity index (χ3v) is 6.04. The lowest BCUT2D eigenvalue weighted by Crippen LogP contribution is -2.45. The number of likely N-dealkylation sites (tertiary alicyclic amines) is 2. The summed E-state index contributed by atoms with van der Waals surface area (Å²) >= 11 is 0. The molecule has 1 aromatic carbocycles. The Morgan fingerprint density at radius 2 is 1.89 bits per heavy atom. The van der Waals surface area contributed by atoms with Crippen LogP contribution in [0, 0.1) is 6.92 Å². The molecule has 3 heterocycles. The highest BCUT2D eigenvalue weighted by atomic mass is 16.3. The molecule has 2 unspecified atom stereocenters. The quantitative estimate of drug-likeness (QED) is 0.797. The number of nitrogens with one attached hydrogen (secondary N) is 1. The standard InChI is InChI=1S/C23H31N3O2/c1-18-11-12-22(28-18)21(25-13-5-6-14-25)16-24-23(27)20-10-7-15-26(20)17-19-8-3-2-4-9-19/h2-4,8-9,11-12,20-21H,5-7,10,13-17H2,1H3,(H,24,27). The Hall–Kier alpha value is -2.11. The maximum absolute atomic E-state index is 13.0. The lowest BCUT2D eigenvalue weighted by Gasteiger charge is -2.28. The molecule has 4 rings (SSSR count). The zero-order chi connectivity index (χ0) is 19.3. The SMILES string of the molecule is Cc1ccc(C(CNC(=O)C2CCCN2Cc2ccccc2)N2CCCC2)o1. The molecule has 150 valence electrons. The average Bonchev–Trinajstić information content (AvgIpc) is 3.45. The van der Waals surface area contributed by atoms with Crippen LogP contribution in [0.1, 0.15) is 48.8 Å². The van der Waals surface area contributed by atoms with E-state index >= 15 is 0 Å². The van der Waals surface area contributed by atoms with Crippen LogP contribution >= 0.6 is 0 Å². The molecule has 5 nitrogen and oxygen atoms in total. The molecule has 0 saturated carbocycles. The Labute approximate surface area is 167 Å². The van der Waals surface area contributed by atoms with Gasteiger partial charge in [-0.25, -0.2) is 0 Å². The summed E-state index contributed by atoms with van der Waals surface area (Å²) in [6.07, 6.45) is 4.46. The number of carbonyl (C=O) groups is 1. The lowest BCUT2D eigenvalue weighted by atomic mass is 10.1. The highest BCUT2D eigenvalue weighted by molar-refractivity contribution is 5.82. The highest BCUT2D eigenvalue weighted by Crippen LogP contribution is 2.26. The molecule has 2 fully saturated rings. The Morgan fingerprint density at radius 1 is 1.11 bits per heavy atom. The first-order valence-electron chi connectivity index (χ1n) is 10.6. The van der Waals surface area contributed by atoms with Crippen molar-refractivity contribution in [1.82, 2.24) is 15.1 Å². The summed E-state index contributed by atoms with van der Waals surface area (Å²) in [5.41, 5.74) is 1.27. The molecule has 5 heteroatoms. The number of hydrogen-bond donors (Lipinski definition) is 1. The zero-order valence-corrected chi connectivity index (χ0v) is 16.8. The largest absolute Gasteiger partial charge is 0.465 e. The lowest BCUT2D eigenvalue weighted by molar-refractivity contribution is -0.125. The van der Waals surface area contributed by atoms with Crippen molar-refractivity contribution >= 4 is 5.91 Å². The smallest absolute Gasteiger partial charge is 0.237 e. The van der Waals surface area contributed by atoms with Crippen molar-refractivity contribution < 1.29 is 9.21 Å². The maximum Gasteiger partial charge on any atom is 0.237 e. The molecule has 0 radical (unpaired) electrons. The van der Waals surface area contributed by atoms with Crippen LogP contribution in [0.3, 0.4) is 0 Å². The summed E-state index contributed by atoms with van der Waals surface area (Å²) < 4.78 is 5.91. The van der Waals surface area contributed by atoms with Gasteiger partial charge >= 0.3 is 0 Å². The van der Waals surface area contributed by atoms with Crippen LogP contribution in [0.5, 0.6) is 0 Å². The molecule has 2 atom stereocenters. The van der Waals surface area contributed by atoms with E-state index in [4.69, 9.17) is 4.42 Å². The van der Waals surface area contributed by atoms with Crippen molar-refractivity contribution in [2.24, 2.45) is 0 Å². The predicted molar refractivity (Wildman–Crippen MR) is 110 cm³/mol. The zero-order valence-electron chi connectivity index (χ0n) is 16.8. The van der Waals surface area contributed by atoms with Gasteiger partial charge in [0.15, 0.2) is 0 Å². The summed E-state index contributed by atoms with van der Waals surface area (Å²) in [6.45, 7) is 6.56. The third-order valence-electron chi connectivity index (χ3n) is 6.04. The second kappa shape index (κ2) is 8.93. The summed E-state index contributed by atoms with van der Waals surface area (Å²) in [7, 11) is 0. The molecule has 0 spiro atoms. The molecule has 1 N–H and O–H groups in total. The van der Waals surface area contributed by atoms with Gasteiger partial charge in [0, 0.05) is 13.1 Å². The topological polar surface area (TPSA) is 48.7 Å². The second-order valence-corrected chi connectivity index (χ2v) is 8.07. The van der Waals surface area contributed by atoms with Crippen LogP contribution in [-0.2, 0) is 11.3 Å². The van der Waals surface area contributed by atoms with Crippen LogP contribution in [0.4, 0.5) is 0 Å². The number of aryl methyl sites for hydroxylation is 1. The summed E-state index contributed by atoms with van der Waals surface area (Å²) in [5.74, 6) is 2.04. The van der Waals surface area contributed by atoms with E-state index in [0.29, 0.717) is 6.54 Å². The first kappa shape index (κ1) is 19.2. The van der Waals surface area contributed by atoms with E-state index in [9.17, 15) is 4.79 Å². The van der Waals surface area contributed by atoms with Gasteiger partial charge < -0.3 is 9.73 Å². The average molecular weight is 382 g/mol. The van der Waals surface area contributed by atoms with Crippen LogP contribution in [-0.4, -0.2) is 47.9 Å². The minimum atomic E-state index is -0.0298. The summed E-state index contributed by atoms with van der Waals surface area (Å²) in [5, 5.41) is 3.24. The van der Waals surface area contributed by atoms with Crippen molar-refractivity contribution in [3.05, 3.63) is 59.5 Å². The summed E-state index contributed by atoms with van der Waals surface area (Å²) in [6, 6.07) is 14.6. The van der Waals surface area contributed by atoms with Crippen LogP contribution in [0.2, 0.25) is 0 Å². The number of amides is 1. The fraction of sp³-hybridized carbons (Fsp3) is 0.522. The number of hydrogen-bond acceptors (Lipinski definition) is 4. The molecular formula is C23H31N3O2. The van der Waals surface area contributed by atoms with Gasteiger partial charge in [0.05, 0.1) is 12.1 Å². The second-order valence-electron chi connectivity index (χ2n) is 8.07. The van der Waals surface area contributed by atoms with Gasteiger partial charge in [-0.3, -0.25) is 14.6 Å². The van der Waals surface area contributed by atoms with E-state index in [1.165, 1.54) is 18.4 Å². The fourth-order valence-corrected chi connectivity index (χ4v) is 4.54. The Morgan fingerprint density at radius 3 is 2.61 bits per heavy atom. The number of benzene rings is 1. The van der Waals surface area contributed by atoms with E-state index in [1.54, 1.807) is 0 Å². The van der Waals surface area contributed by atoms with Gasteiger partial charge in [0.25, 0.3) is 0 Å². The molecule has 2 aromatic rings. The van der Waals surface area contributed by atoms with Crippen LogP contribution in [0.25, 0.3) is 0 Å². The molecule has 0 bridgehead atoms. The maximum atomic E-state index is 13.0. The molecule has 2 saturated heterocycles. The normalized spacial score (nSPS) is 21.8. The van der Waals surface area contributed by atoms with E-state index in [1.807, 2.05) is 19.1 Å². The molecule has 2 aliphatic heterocycles. The van der Waals surface area contributed by atoms with Gasteiger partial charge in [0.1, 0.15) is 11.5 Å². The Kier molecular flexibility index (Phi) is 6.13. The van der Waals surface area contributed by atoms with Gasteiger partial charge in [-0.05, 0) is 69.9 Å². The van der Waals surface area contributed by atoms with Crippen LogP contribution < -0.4 is 5.32 Å². The van der Waals surface area contributed by atoms with E-state index in [-0.39, 0.29) is 18.0 Å². The van der Waals surface area contributed by atoms with Gasteiger partial charge in [-0.15, -0.1) is 0 Å². The minimum absolute atomic E-state index is 0.0298. The molecule has 1 aromatic heterocycles. The van der Waals surface area contributed by atoms with E-state index in [2.05, 4.69) is 45.4 Å². The highest BCUT2D eigenvalue weighted by Gasteiger charge is 2.32. The number of nitrogens with zero attached hydrogens (tertiary/aromatic N) is 2. The molecule has 2 aliphatic rings. The summed E-state index contributed by atoms with van der Waals surface area (Å²) in [4.78, 5) is 17.8. The van der Waals surface area contributed by atoms with Crippen molar-refractivity contribution in [3.8, 4) is 0 Å². The Balaban J connectivity index is 1.38. The monoisotopic (exact) mass is 381 g/mol. The molecule has 28 heavy (non-hydrogen) atoms. The van der Waals surface area contributed by atoms with Gasteiger partial charge in [0.2, 0.25) is 5.91 Å². The third kappa shape index (κ3) is 4.47. The van der Waals surface area contributed by atoms with Crippen molar-refractivity contribution in [2.45, 2.75) is 51.2 Å².